The number of sulfone groups is 1. The van der Waals surface area contributed by atoms with E-state index in [0.29, 0.717) is 31.8 Å². The van der Waals surface area contributed by atoms with E-state index in [1.165, 1.54) is 13.8 Å². The summed E-state index contributed by atoms with van der Waals surface area (Å²) in [5.74, 6) is 0.0911. The number of amides is 1. The second-order valence-electron chi connectivity index (χ2n) is 6.91. The molecule has 0 spiro atoms. The number of aromatic nitrogens is 3. The molecule has 9 heteroatoms. The molecule has 2 heterocycles. The Balaban J connectivity index is 1.78. The summed E-state index contributed by atoms with van der Waals surface area (Å²) in [5.41, 5.74) is -0.375. The van der Waals surface area contributed by atoms with Crippen molar-refractivity contribution in [3.8, 4) is 0 Å². The average molecular weight is 342 g/mol. The Morgan fingerprint density at radius 3 is 2.57 bits per heavy atom. The number of carbonyl (C=O) groups is 1. The van der Waals surface area contributed by atoms with Crippen LogP contribution in [0.2, 0.25) is 0 Å². The molecule has 3 rings (SSSR count). The van der Waals surface area contributed by atoms with Crippen molar-refractivity contribution in [1.82, 2.24) is 20.1 Å². The topological polar surface area (TPSA) is 116 Å². The van der Waals surface area contributed by atoms with Gasteiger partial charge >= 0.3 is 5.69 Å². The van der Waals surface area contributed by atoms with Gasteiger partial charge in [-0.1, -0.05) is 0 Å². The number of rotatable bonds is 4. The number of hydrogen-bond acceptors (Lipinski definition) is 5. The first-order valence-electron chi connectivity index (χ1n) is 7.91. The summed E-state index contributed by atoms with van der Waals surface area (Å²) in [6, 6.07) is 0. The second kappa shape index (κ2) is 5.47. The lowest BCUT2D eigenvalue weighted by molar-refractivity contribution is -0.134. The first-order valence-corrected chi connectivity index (χ1v) is 9.45. The van der Waals surface area contributed by atoms with Gasteiger partial charge in [-0.05, 0) is 39.5 Å². The highest BCUT2D eigenvalue weighted by Crippen LogP contribution is 2.37. The van der Waals surface area contributed by atoms with E-state index in [4.69, 9.17) is 0 Å². The Kier molecular flexibility index (Phi) is 3.86. The standard InChI is InChI=1S/C14H22N4O4S/c1-14(2,23(21,22)10-5-6-10)12(19)18-7-3-4-9(8-18)11-15-13(20)17-16-11/h9-10H,3-8H2,1-2H3,(H2,15,16,17,20)/t9-/m1/s1. The summed E-state index contributed by atoms with van der Waals surface area (Å²) >= 11 is 0. The number of nitrogens with zero attached hydrogens (tertiary/aromatic N) is 2. The minimum absolute atomic E-state index is 0.0777. The SMILES string of the molecule is CC(C)(C(=O)N1CCC[C@@H](c2n[nH]c(=O)[nH]2)C1)S(=O)(=O)C1CC1. The van der Waals surface area contributed by atoms with Crippen LogP contribution in [-0.4, -0.2) is 57.5 Å². The van der Waals surface area contributed by atoms with Crippen LogP contribution < -0.4 is 5.69 Å². The van der Waals surface area contributed by atoms with Gasteiger partial charge in [0.25, 0.3) is 0 Å². The van der Waals surface area contributed by atoms with Crippen molar-refractivity contribution in [2.75, 3.05) is 13.1 Å². The smallest absolute Gasteiger partial charge is 0.340 e. The summed E-state index contributed by atoms with van der Waals surface area (Å²) in [7, 11) is -3.46. The molecular weight excluding hydrogens is 320 g/mol. The normalized spacial score (nSPS) is 23.0. The minimum atomic E-state index is -3.46. The number of aromatic amines is 2. The zero-order chi connectivity index (χ0) is 16.8. The van der Waals surface area contributed by atoms with E-state index >= 15 is 0 Å². The van der Waals surface area contributed by atoms with Gasteiger partial charge in [0.15, 0.2) is 9.84 Å². The maximum Gasteiger partial charge on any atom is 0.340 e. The highest BCUT2D eigenvalue weighted by Gasteiger charge is 2.52. The van der Waals surface area contributed by atoms with Crippen LogP contribution in [0.5, 0.6) is 0 Å². The van der Waals surface area contributed by atoms with E-state index in [0.717, 1.165) is 12.8 Å². The van der Waals surface area contributed by atoms with Crippen LogP contribution in [0.3, 0.4) is 0 Å². The summed E-state index contributed by atoms with van der Waals surface area (Å²) in [4.78, 5) is 28.2. The fourth-order valence-electron chi connectivity index (χ4n) is 3.16. The summed E-state index contributed by atoms with van der Waals surface area (Å²) in [5, 5.41) is 5.89. The number of piperidine rings is 1. The van der Waals surface area contributed by atoms with Crippen molar-refractivity contribution in [2.45, 2.75) is 55.4 Å². The van der Waals surface area contributed by atoms with Crippen molar-refractivity contribution < 1.29 is 13.2 Å². The van der Waals surface area contributed by atoms with Crippen LogP contribution in [0, 0.1) is 0 Å². The molecule has 1 saturated carbocycles. The van der Waals surface area contributed by atoms with Gasteiger partial charge in [-0.25, -0.2) is 18.3 Å². The van der Waals surface area contributed by atoms with Gasteiger partial charge in [-0.3, -0.25) is 9.78 Å². The molecule has 0 radical (unpaired) electrons. The van der Waals surface area contributed by atoms with Crippen molar-refractivity contribution in [2.24, 2.45) is 0 Å². The van der Waals surface area contributed by atoms with Crippen LogP contribution in [0.15, 0.2) is 4.79 Å². The molecule has 1 aromatic heterocycles. The zero-order valence-electron chi connectivity index (χ0n) is 13.3. The van der Waals surface area contributed by atoms with Crippen LogP contribution in [0.25, 0.3) is 0 Å². The number of H-pyrrole nitrogens is 2. The highest BCUT2D eigenvalue weighted by molar-refractivity contribution is 7.94. The molecule has 128 valence electrons. The van der Waals surface area contributed by atoms with E-state index in [2.05, 4.69) is 15.2 Å². The molecule has 2 aliphatic rings. The maximum absolute atomic E-state index is 12.8. The molecule has 0 unspecified atom stereocenters. The van der Waals surface area contributed by atoms with E-state index in [9.17, 15) is 18.0 Å². The first kappa shape index (κ1) is 16.2. The maximum atomic E-state index is 12.8. The first-order chi connectivity index (χ1) is 10.7. The number of nitrogens with one attached hydrogen (secondary N) is 2. The highest BCUT2D eigenvalue weighted by atomic mass is 32.2. The van der Waals surface area contributed by atoms with E-state index in [1.54, 1.807) is 4.90 Å². The Morgan fingerprint density at radius 1 is 1.30 bits per heavy atom. The number of carbonyl (C=O) groups excluding carboxylic acids is 1. The lowest BCUT2D eigenvalue weighted by Crippen LogP contribution is -2.53. The molecule has 2 N–H and O–H groups in total. The summed E-state index contributed by atoms with van der Waals surface area (Å²) < 4.78 is 23.7. The van der Waals surface area contributed by atoms with Crippen molar-refractivity contribution >= 4 is 15.7 Å². The van der Waals surface area contributed by atoms with Gasteiger partial charge in [-0.15, -0.1) is 0 Å². The van der Waals surface area contributed by atoms with Crippen LogP contribution in [-0.2, 0) is 14.6 Å². The molecule has 1 aliphatic heterocycles. The van der Waals surface area contributed by atoms with Crippen LogP contribution >= 0.6 is 0 Å². The number of likely N-dealkylation sites (tertiary alicyclic amines) is 1. The van der Waals surface area contributed by atoms with E-state index in [1.807, 2.05) is 0 Å². The fraction of sp³-hybridized carbons (Fsp3) is 0.786. The zero-order valence-corrected chi connectivity index (χ0v) is 14.1. The van der Waals surface area contributed by atoms with Crippen molar-refractivity contribution in [3.63, 3.8) is 0 Å². The second-order valence-corrected chi connectivity index (χ2v) is 9.69. The lowest BCUT2D eigenvalue weighted by Gasteiger charge is -2.36. The Morgan fingerprint density at radius 2 is 2.00 bits per heavy atom. The third-order valence-corrected chi connectivity index (χ3v) is 7.75. The van der Waals surface area contributed by atoms with Gasteiger partial charge in [0.1, 0.15) is 10.6 Å². The van der Waals surface area contributed by atoms with E-state index in [-0.39, 0.29) is 22.8 Å². The Bertz CT molecular complexity index is 760. The van der Waals surface area contributed by atoms with Crippen molar-refractivity contribution in [3.05, 3.63) is 16.3 Å². The van der Waals surface area contributed by atoms with Crippen LogP contribution in [0.1, 0.15) is 51.3 Å². The van der Waals surface area contributed by atoms with Gasteiger partial charge in [0.2, 0.25) is 5.91 Å². The monoisotopic (exact) mass is 342 g/mol. The predicted molar refractivity (Wildman–Crippen MR) is 83.8 cm³/mol. The van der Waals surface area contributed by atoms with Gasteiger partial charge in [0, 0.05) is 19.0 Å². The molecule has 0 aromatic carbocycles. The molecule has 1 atom stereocenters. The Labute approximate surface area is 134 Å². The van der Waals surface area contributed by atoms with E-state index < -0.39 is 14.6 Å². The quantitative estimate of drug-likeness (QED) is 0.808. The Hall–Kier alpha value is -1.64. The van der Waals surface area contributed by atoms with Gasteiger partial charge < -0.3 is 4.90 Å². The lowest BCUT2D eigenvalue weighted by atomic mass is 9.96. The molecule has 1 saturated heterocycles. The fourth-order valence-corrected chi connectivity index (χ4v) is 5.12. The molecule has 1 amide bonds. The van der Waals surface area contributed by atoms with Gasteiger partial charge in [-0.2, -0.15) is 5.10 Å². The molecule has 0 bridgehead atoms. The third-order valence-electron chi connectivity index (χ3n) is 4.80. The molecule has 8 nitrogen and oxygen atoms in total. The molecule has 23 heavy (non-hydrogen) atoms. The van der Waals surface area contributed by atoms with Crippen LogP contribution in [0.4, 0.5) is 0 Å². The number of hydrogen-bond donors (Lipinski definition) is 2. The third kappa shape index (κ3) is 2.82. The average Bonchev–Trinajstić information content (AvgIpc) is 3.29. The van der Waals surface area contributed by atoms with Gasteiger partial charge in [0.05, 0.1) is 5.25 Å². The largest absolute Gasteiger partial charge is 0.341 e. The molecule has 1 aromatic rings. The molecule has 2 fully saturated rings. The summed E-state index contributed by atoms with van der Waals surface area (Å²) in [6.45, 7) is 3.92. The minimum Gasteiger partial charge on any atom is -0.341 e. The molecule has 1 aliphatic carbocycles. The predicted octanol–water partition coefficient (Wildman–Crippen LogP) is 0.160. The summed E-state index contributed by atoms with van der Waals surface area (Å²) in [6.07, 6.45) is 2.86. The van der Waals surface area contributed by atoms with Crippen molar-refractivity contribution in [1.29, 1.82) is 0 Å². The molecular formula is C14H22N4O4S.